The Bertz CT molecular complexity index is 668. The van der Waals surface area contributed by atoms with Crippen molar-refractivity contribution < 1.29 is 4.79 Å². The number of hydrogen-bond donors (Lipinski definition) is 0. The monoisotopic (exact) mass is 332 g/mol. The first kappa shape index (κ1) is 16.0. The lowest BCUT2D eigenvalue weighted by molar-refractivity contribution is 0.0622. The van der Waals surface area contributed by atoms with Crippen LogP contribution in [0.2, 0.25) is 5.02 Å². The number of amides is 1. The van der Waals surface area contributed by atoms with Crippen molar-refractivity contribution in [2.45, 2.75) is 13.5 Å². The molecule has 0 bridgehead atoms. The molecule has 1 aromatic carbocycles. The predicted molar refractivity (Wildman–Crippen MR) is 90.6 cm³/mol. The standard InChI is InChI=1S/C17H21ClN4O/c1-13-11-16(19-20(13)2)17(23)22-9-7-21(8-10-22)12-14-3-5-15(18)6-4-14/h3-6,11H,7-10,12H2,1-2H3. The molecule has 1 saturated heterocycles. The van der Waals surface area contributed by atoms with Crippen molar-refractivity contribution in [3.8, 4) is 0 Å². The molecule has 122 valence electrons. The summed E-state index contributed by atoms with van der Waals surface area (Å²) in [5.74, 6) is 0.0276. The Kier molecular flexibility index (Phi) is 4.68. The molecule has 3 rings (SSSR count). The molecule has 0 aliphatic carbocycles. The van der Waals surface area contributed by atoms with Gasteiger partial charge in [0.1, 0.15) is 0 Å². The zero-order valence-corrected chi connectivity index (χ0v) is 14.3. The number of nitrogens with zero attached hydrogens (tertiary/aromatic N) is 4. The lowest BCUT2D eigenvalue weighted by Gasteiger charge is -2.34. The molecule has 0 N–H and O–H groups in total. The van der Waals surface area contributed by atoms with E-state index >= 15 is 0 Å². The van der Waals surface area contributed by atoms with Gasteiger partial charge in [0.2, 0.25) is 0 Å². The Morgan fingerprint density at radius 2 is 1.83 bits per heavy atom. The van der Waals surface area contributed by atoms with Gasteiger partial charge in [0, 0.05) is 50.5 Å². The molecular weight excluding hydrogens is 312 g/mol. The summed E-state index contributed by atoms with van der Waals surface area (Å²) >= 11 is 5.91. The van der Waals surface area contributed by atoms with Crippen LogP contribution in [0.3, 0.4) is 0 Å². The van der Waals surface area contributed by atoms with Crippen molar-refractivity contribution in [2.24, 2.45) is 7.05 Å². The maximum Gasteiger partial charge on any atom is 0.274 e. The first-order valence-electron chi connectivity index (χ1n) is 7.79. The maximum absolute atomic E-state index is 12.5. The zero-order valence-electron chi connectivity index (χ0n) is 13.5. The van der Waals surface area contributed by atoms with E-state index in [0.717, 1.165) is 43.4 Å². The molecule has 1 aliphatic rings. The zero-order chi connectivity index (χ0) is 16.4. The summed E-state index contributed by atoms with van der Waals surface area (Å²) < 4.78 is 1.74. The Balaban J connectivity index is 1.55. The number of aryl methyl sites for hydroxylation is 2. The van der Waals surface area contributed by atoms with Gasteiger partial charge in [0.15, 0.2) is 5.69 Å². The molecular formula is C17H21ClN4O. The second-order valence-corrected chi connectivity index (χ2v) is 6.43. The number of benzene rings is 1. The van der Waals surface area contributed by atoms with E-state index in [4.69, 9.17) is 11.6 Å². The van der Waals surface area contributed by atoms with E-state index in [9.17, 15) is 4.79 Å². The summed E-state index contributed by atoms with van der Waals surface area (Å²) in [6.07, 6.45) is 0. The normalized spacial score (nSPS) is 15.9. The summed E-state index contributed by atoms with van der Waals surface area (Å²) in [7, 11) is 1.86. The van der Waals surface area contributed by atoms with Gasteiger partial charge >= 0.3 is 0 Å². The smallest absolute Gasteiger partial charge is 0.274 e. The third-order valence-electron chi connectivity index (χ3n) is 4.31. The minimum atomic E-state index is 0.0276. The molecule has 2 heterocycles. The molecule has 0 saturated carbocycles. The highest BCUT2D eigenvalue weighted by molar-refractivity contribution is 6.30. The van der Waals surface area contributed by atoms with Gasteiger partial charge in [-0.15, -0.1) is 0 Å². The molecule has 23 heavy (non-hydrogen) atoms. The van der Waals surface area contributed by atoms with Crippen molar-refractivity contribution >= 4 is 17.5 Å². The number of carbonyl (C=O) groups is 1. The molecule has 5 nitrogen and oxygen atoms in total. The third kappa shape index (κ3) is 3.74. The van der Waals surface area contributed by atoms with Gasteiger partial charge in [-0.3, -0.25) is 14.4 Å². The third-order valence-corrected chi connectivity index (χ3v) is 4.56. The van der Waals surface area contributed by atoms with Crippen LogP contribution in [0.4, 0.5) is 0 Å². The summed E-state index contributed by atoms with van der Waals surface area (Å²) in [6.45, 7) is 6.07. The molecule has 1 amide bonds. The highest BCUT2D eigenvalue weighted by Crippen LogP contribution is 2.14. The SMILES string of the molecule is Cc1cc(C(=O)N2CCN(Cc3ccc(Cl)cc3)CC2)nn1C. The number of carbonyl (C=O) groups excluding carboxylic acids is 1. The highest BCUT2D eigenvalue weighted by Gasteiger charge is 2.24. The van der Waals surface area contributed by atoms with E-state index in [1.807, 2.05) is 37.1 Å². The first-order chi connectivity index (χ1) is 11.0. The average molecular weight is 333 g/mol. The quantitative estimate of drug-likeness (QED) is 0.866. The summed E-state index contributed by atoms with van der Waals surface area (Å²) in [5.41, 5.74) is 2.78. The van der Waals surface area contributed by atoms with Crippen LogP contribution in [0.15, 0.2) is 30.3 Å². The van der Waals surface area contributed by atoms with Gasteiger partial charge in [-0.2, -0.15) is 5.10 Å². The summed E-state index contributed by atoms with van der Waals surface area (Å²) in [5, 5.41) is 5.04. The molecule has 6 heteroatoms. The van der Waals surface area contributed by atoms with E-state index in [2.05, 4.69) is 22.1 Å². The molecule has 2 aromatic rings. The van der Waals surface area contributed by atoms with Gasteiger partial charge < -0.3 is 4.90 Å². The average Bonchev–Trinajstić information content (AvgIpc) is 2.89. The van der Waals surface area contributed by atoms with Crippen molar-refractivity contribution in [1.82, 2.24) is 19.6 Å². The Hall–Kier alpha value is -1.85. The van der Waals surface area contributed by atoms with Gasteiger partial charge in [-0.25, -0.2) is 0 Å². The fraction of sp³-hybridized carbons (Fsp3) is 0.412. The Labute approximate surface area is 141 Å². The van der Waals surface area contributed by atoms with Crippen molar-refractivity contribution in [2.75, 3.05) is 26.2 Å². The minimum absolute atomic E-state index is 0.0276. The number of halogens is 1. The predicted octanol–water partition coefficient (Wildman–Crippen LogP) is 2.34. The highest BCUT2D eigenvalue weighted by atomic mass is 35.5. The van der Waals surface area contributed by atoms with Crippen LogP contribution in [0.1, 0.15) is 21.7 Å². The molecule has 0 atom stereocenters. The largest absolute Gasteiger partial charge is 0.335 e. The van der Waals surface area contributed by atoms with Crippen LogP contribution >= 0.6 is 11.6 Å². The van der Waals surface area contributed by atoms with E-state index in [1.165, 1.54) is 5.56 Å². The number of piperazine rings is 1. The summed E-state index contributed by atoms with van der Waals surface area (Å²) in [6, 6.07) is 9.79. The topological polar surface area (TPSA) is 41.4 Å². The summed E-state index contributed by atoms with van der Waals surface area (Å²) in [4.78, 5) is 16.7. The van der Waals surface area contributed by atoms with Gasteiger partial charge in [0.25, 0.3) is 5.91 Å². The van der Waals surface area contributed by atoms with Gasteiger partial charge in [0.05, 0.1) is 0 Å². The maximum atomic E-state index is 12.5. The number of rotatable bonds is 3. The second kappa shape index (κ2) is 6.72. The fourth-order valence-corrected chi connectivity index (χ4v) is 2.91. The van der Waals surface area contributed by atoms with Crippen molar-refractivity contribution in [1.29, 1.82) is 0 Å². The van der Waals surface area contributed by atoms with Crippen LogP contribution in [0.25, 0.3) is 0 Å². The van der Waals surface area contributed by atoms with E-state index in [1.54, 1.807) is 4.68 Å². The molecule has 1 aliphatic heterocycles. The van der Waals surface area contributed by atoms with Crippen LogP contribution in [0, 0.1) is 6.92 Å². The molecule has 0 spiro atoms. The number of aromatic nitrogens is 2. The van der Waals surface area contributed by atoms with Gasteiger partial charge in [-0.1, -0.05) is 23.7 Å². The molecule has 1 aromatic heterocycles. The molecule has 0 unspecified atom stereocenters. The van der Waals surface area contributed by atoms with Crippen LogP contribution in [-0.4, -0.2) is 51.7 Å². The van der Waals surface area contributed by atoms with Crippen molar-refractivity contribution in [3.05, 3.63) is 52.3 Å². The van der Waals surface area contributed by atoms with Crippen molar-refractivity contribution in [3.63, 3.8) is 0 Å². The number of hydrogen-bond acceptors (Lipinski definition) is 3. The minimum Gasteiger partial charge on any atom is -0.335 e. The second-order valence-electron chi connectivity index (χ2n) is 5.99. The molecule has 0 radical (unpaired) electrons. The first-order valence-corrected chi connectivity index (χ1v) is 8.17. The lowest BCUT2D eigenvalue weighted by Crippen LogP contribution is -2.48. The lowest BCUT2D eigenvalue weighted by atomic mass is 10.2. The fourth-order valence-electron chi connectivity index (χ4n) is 2.78. The van der Waals surface area contributed by atoms with E-state index < -0.39 is 0 Å². The van der Waals surface area contributed by atoms with E-state index in [0.29, 0.717) is 5.69 Å². The van der Waals surface area contributed by atoms with E-state index in [-0.39, 0.29) is 5.91 Å². The van der Waals surface area contributed by atoms with Crippen LogP contribution < -0.4 is 0 Å². The van der Waals surface area contributed by atoms with Gasteiger partial charge in [-0.05, 0) is 30.7 Å². The Morgan fingerprint density at radius 3 is 2.39 bits per heavy atom. The Morgan fingerprint density at radius 1 is 1.17 bits per heavy atom. The van der Waals surface area contributed by atoms with Crippen LogP contribution in [0.5, 0.6) is 0 Å². The van der Waals surface area contributed by atoms with Crippen LogP contribution in [-0.2, 0) is 13.6 Å². The molecule has 1 fully saturated rings.